The van der Waals surface area contributed by atoms with Gasteiger partial charge in [-0.15, -0.1) is 0 Å². The summed E-state index contributed by atoms with van der Waals surface area (Å²) in [5.74, 6) is 1.78. The first-order chi connectivity index (χ1) is 10.1. The molecule has 4 nitrogen and oxygen atoms in total. The lowest BCUT2D eigenvalue weighted by Gasteiger charge is -2.31. The molecule has 3 atom stereocenters. The van der Waals surface area contributed by atoms with E-state index in [0.29, 0.717) is 24.0 Å². The molecule has 1 aliphatic rings. The van der Waals surface area contributed by atoms with E-state index < -0.39 is 0 Å². The van der Waals surface area contributed by atoms with Crippen molar-refractivity contribution < 1.29 is 14.3 Å². The molecule has 4 heteroatoms. The molecule has 1 fully saturated rings. The Labute approximate surface area is 126 Å². The molecule has 1 saturated carbocycles. The van der Waals surface area contributed by atoms with Gasteiger partial charge in [-0.2, -0.15) is 0 Å². The van der Waals surface area contributed by atoms with Crippen LogP contribution in [0.1, 0.15) is 39.5 Å². The zero-order chi connectivity index (χ0) is 15.2. The van der Waals surface area contributed by atoms with Crippen LogP contribution in [-0.2, 0) is 9.53 Å². The molecule has 2 rings (SSSR count). The van der Waals surface area contributed by atoms with E-state index in [4.69, 9.17) is 15.2 Å². The monoisotopic (exact) mass is 291 g/mol. The van der Waals surface area contributed by atoms with Gasteiger partial charge in [-0.25, -0.2) is 0 Å². The van der Waals surface area contributed by atoms with Crippen molar-refractivity contribution in [3.63, 3.8) is 0 Å². The van der Waals surface area contributed by atoms with Crippen molar-refractivity contribution >= 4 is 11.7 Å². The zero-order valence-corrected chi connectivity index (χ0v) is 12.9. The fourth-order valence-electron chi connectivity index (χ4n) is 2.71. The first-order valence-corrected chi connectivity index (χ1v) is 7.73. The van der Waals surface area contributed by atoms with Crippen molar-refractivity contribution in [3.05, 3.63) is 24.3 Å². The number of carbonyl (C=O) groups is 1. The maximum atomic E-state index is 11.8. The highest BCUT2D eigenvalue weighted by Gasteiger charge is 2.26. The van der Waals surface area contributed by atoms with Gasteiger partial charge in [0.2, 0.25) is 0 Å². The van der Waals surface area contributed by atoms with Crippen LogP contribution >= 0.6 is 0 Å². The number of anilines is 1. The predicted octanol–water partition coefficient (Wildman–Crippen LogP) is 3.41. The maximum Gasteiger partial charge on any atom is 0.309 e. The van der Waals surface area contributed by atoms with Gasteiger partial charge in [0.25, 0.3) is 0 Å². The first-order valence-electron chi connectivity index (χ1n) is 7.73. The van der Waals surface area contributed by atoms with Crippen molar-refractivity contribution in [3.8, 4) is 5.75 Å². The molecule has 0 bridgehead atoms. The number of ether oxygens (including phenoxy) is 2. The highest BCUT2D eigenvalue weighted by Crippen LogP contribution is 2.31. The second-order valence-corrected chi connectivity index (χ2v) is 6.02. The summed E-state index contributed by atoms with van der Waals surface area (Å²) in [6.45, 7) is 4.79. The summed E-state index contributed by atoms with van der Waals surface area (Å²) in [6.07, 6.45) is 3.42. The molecule has 0 heterocycles. The summed E-state index contributed by atoms with van der Waals surface area (Å²) in [6, 6.07) is 7.28. The molecule has 0 aliphatic heterocycles. The van der Waals surface area contributed by atoms with Gasteiger partial charge in [0.05, 0.1) is 18.7 Å². The highest BCUT2D eigenvalue weighted by atomic mass is 16.5. The minimum Gasteiger partial charge on any atom is -0.491 e. The molecular weight excluding hydrogens is 266 g/mol. The number of nitrogens with two attached hydrogens (primary N) is 1. The minimum absolute atomic E-state index is 0.0745. The maximum absolute atomic E-state index is 11.8. The fraction of sp³-hybridized carbons (Fsp3) is 0.588. The smallest absolute Gasteiger partial charge is 0.309 e. The minimum atomic E-state index is -0.184. The molecule has 1 aliphatic carbocycles. The Kier molecular flexibility index (Phi) is 5.48. The van der Waals surface area contributed by atoms with Crippen molar-refractivity contribution in [1.82, 2.24) is 0 Å². The Bertz CT molecular complexity index is 475. The highest BCUT2D eigenvalue weighted by molar-refractivity contribution is 5.69. The number of rotatable bonds is 5. The number of hydrogen-bond donors (Lipinski definition) is 1. The van der Waals surface area contributed by atoms with E-state index >= 15 is 0 Å². The van der Waals surface area contributed by atoms with Crippen molar-refractivity contribution in [2.24, 2.45) is 11.8 Å². The number of carbonyl (C=O) groups excluding carboxylic acids is 1. The Morgan fingerprint density at radius 1 is 1.24 bits per heavy atom. The lowest BCUT2D eigenvalue weighted by atomic mass is 9.80. The molecular formula is C17H25NO3. The van der Waals surface area contributed by atoms with Crippen LogP contribution in [0.4, 0.5) is 5.69 Å². The summed E-state index contributed by atoms with van der Waals surface area (Å²) in [5.41, 5.74) is 6.36. The predicted molar refractivity (Wildman–Crippen MR) is 83.0 cm³/mol. The number of esters is 1. The van der Waals surface area contributed by atoms with Crippen LogP contribution in [0.2, 0.25) is 0 Å². The number of hydrogen-bond acceptors (Lipinski definition) is 4. The van der Waals surface area contributed by atoms with Gasteiger partial charge in [0.1, 0.15) is 11.9 Å². The summed E-state index contributed by atoms with van der Waals surface area (Å²) >= 11 is 0. The van der Waals surface area contributed by atoms with E-state index in [2.05, 4.69) is 13.8 Å². The van der Waals surface area contributed by atoms with Crippen LogP contribution < -0.4 is 10.5 Å². The molecule has 0 radical (unpaired) electrons. The van der Waals surface area contributed by atoms with Gasteiger partial charge < -0.3 is 15.2 Å². The lowest BCUT2D eigenvalue weighted by molar-refractivity contribution is -0.152. The SMILES string of the molecule is CC1CCC(OC(=O)CCOc2ccccc2N)CC1C. The molecule has 2 N–H and O–H groups in total. The third-order valence-electron chi connectivity index (χ3n) is 4.33. The largest absolute Gasteiger partial charge is 0.491 e. The van der Waals surface area contributed by atoms with E-state index in [1.165, 1.54) is 0 Å². The van der Waals surface area contributed by atoms with Gasteiger partial charge in [-0.3, -0.25) is 4.79 Å². The standard InChI is InChI=1S/C17H25NO3/c1-12-7-8-14(11-13(12)2)21-17(19)9-10-20-16-6-4-3-5-15(16)18/h3-6,12-14H,7-11,18H2,1-2H3. The molecule has 3 unspecified atom stereocenters. The summed E-state index contributed by atoms with van der Waals surface area (Å²) in [5, 5.41) is 0. The van der Waals surface area contributed by atoms with Gasteiger partial charge in [-0.05, 0) is 43.2 Å². The van der Waals surface area contributed by atoms with Gasteiger partial charge in [0.15, 0.2) is 0 Å². The third-order valence-corrected chi connectivity index (χ3v) is 4.33. The van der Waals surface area contributed by atoms with Crippen molar-refractivity contribution in [2.75, 3.05) is 12.3 Å². The Morgan fingerprint density at radius 3 is 2.71 bits per heavy atom. The normalized spacial score (nSPS) is 25.3. The molecule has 0 spiro atoms. The number of benzene rings is 1. The fourth-order valence-corrected chi connectivity index (χ4v) is 2.71. The van der Waals surface area contributed by atoms with Gasteiger partial charge in [-0.1, -0.05) is 26.0 Å². The van der Waals surface area contributed by atoms with Gasteiger partial charge >= 0.3 is 5.97 Å². The average molecular weight is 291 g/mol. The van der Waals surface area contributed by atoms with Crippen molar-refractivity contribution in [1.29, 1.82) is 0 Å². The molecule has 1 aromatic carbocycles. The molecule has 116 valence electrons. The molecule has 0 saturated heterocycles. The van der Waals surface area contributed by atoms with Crippen LogP contribution in [0, 0.1) is 11.8 Å². The second kappa shape index (κ2) is 7.34. The summed E-state index contributed by atoms with van der Waals surface area (Å²) in [7, 11) is 0. The van der Waals surface area contributed by atoms with E-state index in [9.17, 15) is 4.79 Å². The number of para-hydroxylation sites is 2. The van der Waals surface area contributed by atoms with E-state index in [-0.39, 0.29) is 18.5 Å². The third kappa shape index (κ3) is 4.66. The molecule has 21 heavy (non-hydrogen) atoms. The molecule has 0 amide bonds. The number of nitrogen functional groups attached to an aromatic ring is 1. The quantitative estimate of drug-likeness (QED) is 0.667. The summed E-state index contributed by atoms with van der Waals surface area (Å²) in [4.78, 5) is 11.8. The summed E-state index contributed by atoms with van der Waals surface area (Å²) < 4.78 is 11.0. The Hall–Kier alpha value is -1.71. The van der Waals surface area contributed by atoms with Crippen LogP contribution in [0.5, 0.6) is 5.75 Å². The van der Waals surface area contributed by atoms with E-state index in [1.54, 1.807) is 12.1 Å². The molecule has 0 aromatic heterocycles. The molecule has 1 aromatic rings. The van der Waals surface area contributed by atoms with Crippen LogP contribution in [0.15, 0.2) is 24.3 Å². The van der Waals surface area contributed by atoms with Crippen molar-refractivity contribution in [2.45, 2.75) is 45.6 Å². The topological polar surface area (TPSA) is 61.5 Å². The van der Waals surface area contributed by atoms with E-state index in [0.717, 1.165) is 25.2 Å². The second-order valence-electron chi connectivity index (χ2n) is 6.02. The zero-order valence-electron chi connectivity index (χ0n) is 12.9. The first kappa shape index (κ1) is 15.7. The Morgan fingerprint density at radius 2 is 2.00 bits per heavy atom. The average Bonchev–Trinajstić information content (AvgIpc) is 2.45. The van der Waals surface area contributed by atoms with Crippen LogP contribution in [-0.4, -0.2) is 18.7 Å². The van der Waals surface area contributed by atoms with E-state index in [1.807, 2.05) is 12.1 Å². The van der Waals surface area contributed by atoms with Gasteiger partial charge in [0, 0.05) is 0 Å². The van der Waals surface area contributed by atoms with Crippen LogP contribution in [0.3, 0.4) is 0 Å². The Balaban J connectivity index is 1.69. The lowest BCUT2D eigenvalue weighted by Crippen LogP contribution is -2.29. The van der Waals surface area contributed by atoms with Crippen LogP contribution in [0.25, 0.3) is 0 Å².